The lowest BCUT2D eigenvalue weighted by Crippen LogP contribution is -2.59. The molecule has 5 amide bonds. The second-order valence-electron chi connectivity index (χ2n) is 31.1. The number of benzene rings is 4. The van der Waals surface area contributed by atoms with Gasteiger partial charge < -0.3 is 75.3 Å². The Hall–Kier alpha value is -17.5. The van der Waals surface area contributed by atoms with Gasteiger partial charge in [-0.25, -0.2) is 46.8 Å². The number of hydrogen-bond acceptors (Lipinski definition) is 30. The maximum atomic E-state index is 13.4. The zero-order valence-electron chi connectivity index (χ0n) is 72.5. The smallest absolute Gasteiger partial charge is 0.387 e. The number of aromatic nitrogens is 20. The molecule has 720 valence electrons. The lowest BCUT2D eigenvalue weighted by molar-refractivity contribution is -0.166. The number of halogens is 10. The van der Waals surface area contributed by atoms with Crippen LogP contribution < -0.4 is 65.6 Å². The molecule has 0 radical (unpaired) electrons. The first-order valence-corrected chi connectivity index (χ1v) is 44.0. The molecule has 0 saturated carbocycles. The van der Waals surface area contributed by atoms with Gasteiger partial charge in [-0.15, -0.1) is 23.1 Å². The zero-order chi connectivity index (χ0) is 98.0. The number of fused-ring (bicyclic) bond motifs is 8. The molecule has 0 atom stereocenters. The van der Waals surface area contributed by atoms with Crippen molar-refractivity contribution in [2.45, 2.75) is 56.4 Å². The van der Waals surface area contributed by atoms with Gasteiger partial charge in [-0.1, -0.05) is 6.58 Å². The number of carbonyl (C=O) groups excluding carboxylic acids is 5. The van der Waals surface area contributed by atoms with Crippen LogP contribution in [0.1, 0.15) is 47.5 Å². The van der Waals surface area contributed by atoms with Crippen LogP contribution in [-0.2, 0) is 29.7 Å². The Kier molecular flexibility index (Phi) is 25.8. The van der Waals surface area contributed by atoms with E-state index in [-0.39, 0.29) is 121 Å². The molecule has 2 saturated heterocycles. The normalized spacial score (nSPS) is 13.9. The maximum Gasteiger partial charge on any atom is 0.387 e. The van der Waals surface area contributed by atoms with Crippen LogP contribution in [0, 0.1) is 11.3 Å². The number of hydrogen-bond donors (Lipinski definition) is 7. The molecule has 41 nitrogen and oxygen atoms in total. The van der Waals surface area contributed by atoms with Gasteiger partial charge in [-0.3, -0.25) is 42.7 Å². The predicted molar refractivity (Wildman–Crippen MR) is 486 cm³/mol. The van der Waals surface area contributed by atoms with Gasteiger partial charge in [0.05, 0.1) is 120 Å². The van der Waals surface area contributed by atoms with Crippen molar-refractivity contribution in [3.63, 3.8) is 0 Å². The topological polar surface area (TPSA) is 453 Å². The molecule has 18 heterocycles. The SMILES string of the molecule is C=C1COc2cc(-c3nn(C)cc3NC(=O)c3cnn4cccnc34)c(OC(F)F)cc2N1.N#CCn1cc(NC(=O)c2cnn3cccnc23)c(-c2cc3c(cc2OC(F)F)NCCS3)n1.O=C(Nc1cn(C2COC2)nc1-c1cc2sccc2cc1OC(F)F)c1cnn2cccnc12.O=C(Nc1cn(CC(=O)N2CC(F)(F)C2)nc1-c1cc2c(cc1OC(F)F)NCCO2)c1cnn2cccnc12. The molecule has 2 fully saturated rings. The van der Waals surface area contributed by atoms with E-state index < -0.39 is 81.5 Å². The quantitative estimate of drug-likeness (QED) is 0.0276. The van der Waals surface area contributed by atoms with Gasteiger partial charge >= 0.3 is 26.4 Å². The predicted octanol–water partition coefficient (Wildman–Crippen LogP) is 13.7. The number of carbonyl (C=O) groups is 5. The number of thiophene rings is 1. The van der Waals surface area contributed by atoms with Crippen LogP contribution in [-0.4, -0.2) is 223 Å². The minimum absolute atomic E-state index is 0.0204. The van der Waals surface area contributed by atoms with E-state index in [1.54, 1.807) is 116 Å². The molecule has 13 aromatic heterocycles. The molecule has 0 spiro atoms. The van der Waals surface area contributed by atoms with Crippen molar-refractivity contribution < 1.29 is 101 Å². The maximum absolute atomic E-state index is 13.4. The van der Waals surface area contributed by atoms with Gasteiger partial charge in [0.1, 0.15) is 106 Å². The fourth-order valence-electron chi connectivity index (χ4n) is 15.3. The van der Waals surface area contributed by atoms with E-state index in [1.165, 1.54) is 119 Å². The molecule has 17 aromatic rings. The average molecular weight is 1980 g/mol. The highest BCUT2D eigenvalue weighted by Gasteiger charge is 2.46. The number of aryl methyl sites for hydroxylation is 1. The Labute approximate surface area is 792 Å². The number of anilines is 7. The van der Waals surface area contributed by atoms with Crippen molar-refractivity contribution in [2.75, 3.05) is 95.6 Å². The first-order valence-electron chi connectivity index (χ1n) is 42.1. The van der Waals surface area contributed by atoms with Crippen LogP contribution in [0.4, 0.5) is 83.7 Å². The lowest BCUT2D eigenvalue weighted by Gasteiger charge is -2.38. The number of alkyl halides is 10. The monoisotopic (exact) mass is 1980 g/mol. The van der Waals surface area contributed by atoms with Crippen molar-refractivity contribution in [1.82, 2.24) is 102 Å². The summed E-state index contributed by atoms with van der Waals surface area (Å²) in [6.07, 6.45) is 24.2. The van der Waals surface area contributed by atoms with Crippen LogP contribution in [0.3, 0.4) is 0 Å². The number of thioether (sulfide) groups is 1. The summed E-state index contributed by atoms with van der Waals surface area (Å²) in [5.41, 5.74) is 6.79. The Morgan fingerprint density at radius 3 is 1.50 bits per heavy atom. The Bertz CT molecular complexity index is 7750. The van der Waals surface area contributed by atoms with Crippen molar-refractivity contribution in [2.24, 2.45) is 7.05 Å². The number of nitriles is 1. The van der Waals surface area contributed by atoms with Crippen LogP contribution in [0.15, 0.2) is 201 Å². The fraction of sp³-hybridized carbons (Fsp3) is 0.205. The number of amides is 5. The number of rotatable bonds is 24. The second kappa shape index (κ2) is 39.3. The minimum atomic E-state index is -3.18. The molecule has 7 N–H and O–H groups in total. The van der Waals surface area contributed by atoms with Crippen molar-refractivity contribution in [3.8, 4) is 85.6 Å². The summed E-state index contributed by atoms with van der Waals surface area (Å²) < 4.78 is 181. The third-order valence-corrected chi connectivity index (χ3v) is 23.6. The molecular formula is C88H69F10N29O12S2. The van der Waals surface area contributed by atoms with Crippen LogP contribution >= 0.6 is 23.1 Å². The molecule has 4 aromatic carbocycles. The number of likely N-dealkylation sites (tertiary alicyclic amines) is 1. The first-order chi connectivity index (χ1) is 68.1. The molecule has 141 heavy (non-hydrogen) atoms. The third kappa shape index (κ3) is 20.0. The molecular weight excluding hydrogens is 1910 g/mol. The summed E-state index contributed by atoms with van der Waals surface area (Å²) in [5.74, 6) is -4.66. The standard InChI is InChI=1S/C24H20F4N8O4.C22H16F2N6O3S.C21H16F2N8O2S.C21H17F2N7O3/c25-23(26)40-17-7-15-18(39-5-3-29-15)6-13(17)20-16(9-35(33-20)10-19(37)34-11-24(27,28)12-34)32-22(38)14-8-31-36-4-1-2-30-21(14)36;23-22(24)33-17-6-12-2-5-34-18(12)7-14(17)19-16(9-30(28-19)13-10-32-11-13)27-21(31)15-8-26-29-4-1-3-25-20(15)29;22-21(23)33-16-9-14-17(34-7-4-25-14)8-12(16)18-15(11-30(29-18)6-2-24)28-20(32)13-10-27-31-5-1-3-26-19(13)31;1-11-10-32-17-6-12(16(33-21(22)23)7-14(17)26-11)18-15(9-29(2)28-18)27-20(31)13-8-25-30-5-3-4-24-19(13)30/h1-2,4,6-9,23,29H,3,5,10-12H2,(H,32,38);1-9,13,22H,10-11H2,(H,27,31);1,3,5,8-11,21,25H,4,6-7H2,(H,28,32);3-9,21,26H,1,10H2,2H3,(H,27,31). The van der Waals surface area contributed by atoms with Gasteiger partial charge in [0.2, 0.25) is 5.91 Å². The highest BCUT2D eigenvalue weighted by Crippen LogP contribution is 2.48. The average Bonchev–Trinajstić information content (AvgIpc) is 1.49. The van der Waals surface area contributed by atoms with Gasteiger partial charge in [-0.2, -0.15) is 81.2 Å². The number of ether oxygens (including phenoxy) is 7. The largest absolute Gasteiger partial charge is 0.490 e. The number of nitrogens with one attached hydrogen (secondary N) is 7. The summed E-state index contributed by atoms with van der Waals surface area (Å²) in [6.45, 7) is -7.91. The van der Waals surface area contributed by atoms with Crippen LogP contribution in [0.25, 0.3) is 77.7 Å². The van der Waals surface area contributed by atoms with Crippen molar-refractivity contribution >= 4 is 125 Å². The third-order valence-electron chi connectivity index (χ3n) is 21.6. The zero-order valence-corrected chi connectivity index (χ0v) is 74.2. The van der Waals surface area contributed by atoms with E-state index >= 15 is 0 Å². The van der Waals surface area contributed by atoms with E-state index in [1.807, 2.05) is 17.5 Å². The molecule has 0 bridgehead atoms. The lowest BCUT2D eigenvalue weighted by atomic mass is 10.1. The molecule has 0 aliphatic carbocycles. The minimum Gasteiger partial charge on any atom is -0.490 e. The Morgan fingerprint density at radius 2 is 0.993 bits per heavy atom. The molecule has 5 aliphatic rings. The van der Waals surface area contributed by atoms with Gasteiger partial charge in [0.25, 0.3) is 29.6 Å². The van der Waals surface area contributed by atoms with E-state index in [0.29, 0.717) is 101 Å². The molecule has 5 aliphatic heterocycles. The summed E-state index contributed by atoms with van der Waals surface area (Å²) in [6, 6.07) is 22.6. The Morgan fingerprint density at radius 1 is 0.546 bits per heavy atom. The number of nitrogens with zero attached hydrogens (tertiary/aromatic N) is 22. The summed E-state index contributed by atoms with van der Waals surface area (Å²) >= 11 is 3.03. The second-order valence-corrected chi connectivity index (χ2v) is 33.2. The summed E-state index contributed by atoms with van der Waals surface area (Å²) in [5, 5.41) is 66.1. The summed E-state index contributed by atoms with van der Waals surface area (Å²) in [4.78, 5) is 83.5. The van der Waals surface area contributed by atoms with Gasteiger partial charge in [0, 0.05) is 139 Å². The van der Waals surface area contributed by atoms with E-state index in [4.69, 9.17) is 38.4 Å². The first kappa shape index (κ1) is 92.6. The van der Waals surface area contributed by atoms with Crippen LogP contribution in [0.2, 0.25) is 0 Å². The van der Waals surface area contributed by atoms with Crippen molar-refractivity contribution in [3.05, 3.63) is 218 Å². The molecule has 22 rings (SSSR count). The fourth-order valence-corrected chi connectivity index (χ4v) is 17.0. The van der Waals surface area contributed by atoms with E-state index in [9.17, 15) is 67.9 Å². The summed E-state index contributed by atoms with van der Waals surface area (Å²) in [7, 11) is 1.64. The van der Waals surface area contributed by atoms with E-state index in [2.05, 4.69) is 105 Å². The van der Waals surface area contributed by atoms with Crippen molar-refractivity contribution in [1.29, 1.82) is 5.26 Å². The molecule has 0 unspecified atom stereocenters. The van der Waals surface area contributed by atoms with Crippen LogP contribution in [0.5, 0.6) is 34.5 Å². The molecule has 53 heteroatoms. The van der Waals surface area contributed by atoms with Gasteiger partial charge in [-0.05, 0) is 71.4 Å². The highest BCUT2D eigenvalue weighted by molar-refractivity contribution is 7.99. The highest BCUT2D eigenvalue weighted by atomic mass is 32.2. The van der Waals surface area contributed by atoms with E-state index in [0.717, 1.165) is 30.3 Å². The Balaban J connectivity index is 0.000000120. The van der Waals surface area contributed by atoms with Gasteiger partial charge in [0.15, 0.2) is 22.6 Å².